The first-order valence-electron chi connectivity index (χ1n) is 9.81. The summed E-state index contributed by atoms with van der Waals surface area (Å²) < 4.78 is 16.6. The Bertz CT molecular complexity index is 617. The Labute approximate surface area is 162 Å². The second kappa shape index (κ2) is 11.6. The third-order valence-electron chi connectivity index (χ3n) is 4.03. The molecule has 1 N–H and O–H groups in total. The van der Waals surface area contributed by atoms with Gasteiger partial charge in [0.1, 0.15) is 16.9 Å². The van der Waals surface area contributed by atoms with Crippen LogP contribution in [0.5, 0.6) is 5.75 Å². The molecular weight excluding hydrogens is 346 g/mol. The standard InChI is InChI=1S/C21H33NO5/c1-6-12-21(5,27-14-8-3)20(24)22-16-10-11-18(26-13-7-2)17(15-16)19(23)25-9-4/h10-11,15H,6-9,12-14H2,1-5H3,(H,22,24)/t21-/m1/s1. The Kier molecular flexibility index (Phi) is 9.86. The van der Waals surface area contributed by atoms with Crippen molar-refractivity contribution < 1.29 is 23.8 Å². The van der Waals surface area contributed by atoms with Crippen molar-refractivity contribution in [2.45, 2.75) is 65.9 Å². The Morgan fingerprint density at radius 2 is 1.74 bits per heavy atom. The molecule has 0 bridgehead atoms. The molecule has 0 aliphatic heterocycles. The molecule has 0 aliphatic carbocycles. The van der Waals surface area contributed by atoms with E-state index in [1.165, 1.54) is 0 Å². The van der Waals surface area contributed by atoms with Gasteiger partial charge in [-0.25, -0.2) is 4.79 Å². The molecule has 0 heterocycles. The number of hydrogen-bond acceptors (Lipinski definition) is 5. The summed E-state index contributed by atoms with van der Waals surface area (Å²) in [5.74, 6) is -0.250. The largest absolute Gasteiger partial charge is 0.493 e. The second-order valence-electron chi connectivity index (χ2n) is 6.56. The van der Waals surface area contributed by atoms with Gasteiger partial charge in [-0.2, -0.15) is 0 Å². The summed E-state index contributed by atoms with van der Waals surface area (Å²) in [7, 11) is 0. The lowest BCUT2D eigenvalue weighted by Gasteiger charge is -2.28. The van der Waals surface area contributed by atoms with Crippen LogP contribution >= 0.6 is 0 Å². The van der Waals surface area contributed by atoms with Gasteiger partial charge in [-0.3, -0.25) is 4.79 Å². The molecule has 1 aromatic carbocycles. The van der Waals surface area contributed by atoms with E-state index in [0.717, 1.165) is 19.3 Å². The normalized spacial score (nSPS) is 12.9. The fraction of sp³-hybridized carbons (Fsp3) is 0.619. The third-order valence-corrected chi connectivity index (χ3v) is 4.03. The molecule has 0 fully saturated rings. The Morgan fingerprint density at radius 3 is 2.33 bits per heavy atom. The molecule has 1 amide bonds. The van der Waals surface area contributed by atoms with Gasteiger partial charge in [-0.15, -0.1) is 0 Å². The summed E-state index contributed by atoms with van der Waals surface area (Å²) in [6.07, 6.45) is 3.10. The highest BCUT2D eigenvalue weighted by molar-refractivity contribution is 5.99. The predicted octanol–water partition coefficient (Wildman–Crippen LogP) is 4.58. The maximum Gasteiger partial charge on any atom is 0.341 e. The Morgan fingerprint density at radius 1 is 1.04 bits per heavy atom. The van der Waals surface area contributed by atoms with Crippen molar-refractivity contribution in [3.63, 3.8) is 0 Å². The molecule has 27 heavy (non-hydrogen) atoms. The maximum atomic E-state index is 12.8. The van der Waals surface area contributed by atoms with E-state index in [1.54, 1.807) is 32.0 Å². The number of amides is 1. The number of nitrogens with one attached hydrogen (secondary N) is 1. The number of benzene rings is 1. The van der Waals surface area contributed by atoms with Crippen LogP contribution in [0.3, 0.4) is 0 Å². The van der Waals surface area contributed by atoms with E-state index in [2.05, 4.69) is 5.32 Å². The zero-order valence-electron chi connectivity index (χ0n) is 17.2. The molecule has 0 radical (unpaired) electrons. The molecule has 152 valence electrons. The summed E-state index contributed by atoms with van der Waals surface area (Å²) in [6.45, 7) is 10.8. The molecule has 0 aliphatic rings. The number of esters is 1. The van der Waals surface area contributed by atoms with Gasteiger partial charge in [-0.1, -0.05) is 27.2 Å². The minimum Gasteiger partial charge on any atom is -0.493 e. The van der Waals surface area contributed by atoms with Gasteiger partial charge in [0.25, 0.3) is 5.91 Å². The zero-order valence-corrected chi connectivity index (χ0v) is 17.2. The fourth-order valence-electron chi connectivity index (χ4n) is 2.63. The van der Waals surface area contributed by atoms with E-state index in [0.29, 0.717) is 36.6 Å². The van der Waals surface area contributed by atoms with Crippen LogP contribution in [0.15, 0.2) is 18.2 Å². The van der Waals surface area contributed by atoms with Crippen molar-refractivity contribution in [1.29, 1.82) is 0 Å². The van der Waals surface area contributed by atoms with Crippen LogP contribution in [0, 0.1) is 0 Å². The number of carbonyl (C=O) groups is 2. The first-order valence-corrected chi connectivity index (χ1v) is 9.81. The van der Waals surface area contributed by atoms with Crippen molar-refractivity contribution in [2.75, 3.05) is 25.1 Å². The molecule has 6 heteroatoms. The SMILES string of the molecule is CCCOc1ccc(NC(=O)[C@@](C)(CCC)OCCC)cc1C(=O)OCC. The van der Waals surface area contributed by atoms with Gasteiger partial charge >= 0.3 is 5.97 Å². The molecule has 6 nitrogen and oxygen atoms in total. The summed E-state index contributed by atoms with van der Waals surface area (Å²) in [5, 5.41) is 2.87. The van der Waals surface area contributed by atoms with Crippen LogP contribution in [0.4, 0.5) is 5.69 Å². The maximum absolute atomic E-state index is 12.8. The number of hydrogen-bond donors (Lipinski definition) is 1. The van der Waals surface area contributed by atoms with Crippen LogP contribution in [0.1, 0.15) is 70.7 Å². The lowest BCUT2D eigenvalue weighted by molar-refractivity contribution is -0.140. The van der Waals surface area contributed by atoms with Gasteiger partial charge in [0.15, 0.2) is 0 Å². The predicted molar refractivity (Wildman–Crippen MR) is 106 cm³/mol. The highest BCUT2D eigenvalue weighted by atomic mass is 16.5. The molecule has 0 saturated heterocycles. The lowest BCUT2D eigenvalue weighted by atomic mass is 9.98. The fourth-order valence-corrected chi connectivity index (χ4v) is 2.63. The smallest absolute Gasteiger partial charge is 0.341 e. The monoisotopic (exact) mass is 379 g/mol. The van der Waals surface area contributed by atoms with E-state index >= 15 is 0 Å². The van der Waals surface area contributed by atoms with Crippen molar-refractivity contribution in [3.8, 4) is 5.75 Å². The number of anilines is 1. The molecule has 0 unspecified atom stereocenters. The molecule has 1 rings (SSSR count). The van der Waals surface area contributed by atoms with E-state index < -0.39 is 11.6 Å². The molecule has 0 aromatic heterocycles. The number of rotatable bonds is 12. The van der Waals surface area contributed by atoms with Gasteiger partial charge in [-0.05, 0) is 51.3 Å². The first-order chi connectivity index (χ1) is 12.9. The van der Waals surface area contributed by atoms with Crippen LogP contribution in [0.25, 0.3) is 0 Å². The summed E-state index contributed by atoms with van der Waals surface area (Å²) in [4.78, 5) is 25.1. The number of ether oxygens (including phenoxy) is 3. The number of carbonyl (C=O) groups excluding carboxylic acids is 2. The first kappa shape index (κ1) is 23.0. The van der Waals surface area contributed by atoms with Crippen molar-refractivity contribution >= 4 is 17.6 Å². The highest BCUT2D eigenvalue weighted by Crippen LogP contribution is 2.26. The average Bonchev–Trinajstić information content (AvgIpc) is 2.65. The van der Waals surface area contributed by atoms with Crippen molar-refractivity contribution in [1.82, 2.24) is 0 Å². The molecule has 0 saturated carbocycles. The van der Waals surface area contributed by atoms with Crippen molar-refractivity contribution in [3.05, 3.63) is 23.8 Å². The highest BCUT2D eigenvalue weighted by Gasteiger charge is 2.33. The van der Waals surface area contributed by atoms with E-state index in [9.17, 15) is 9.59 Å². The van der Waals surface area contributed by atoms with Gasteiger partial charge in [0, 0.05) is 12.3 Å². The third kappa shape index (κ3) is 6.86. The Balaban J connectivity index is 3.05. The average molecular weight is 379 g/mol. The molecule has 1 atom stereocenters. The van der Waals surface area contributed by atoms with Gasteiger partial charge in [0.2, 0.25) is 0 Å². The summed E-state index contributed by atoms with van der Waals surface area (Å²) >= 11 is 0. The van der Waals surface area contributed by atoms with Crippen molar-refractivity contribution in [2.24, 2.45) is 0 Å². The molecule has 0 spiro atoms. The lowest BCUT2D eigenvalue weighted by Crippen LogP contribution is -2.43. The van der Waals surface area contributed by atoms with Crippen LogP contribution in [-0.2, 0) is 14.3 Å². The molecular formula is C21H33NO5. The topological polar surface area (TPSA) is 73.9 Å². The van der Waals surface area contributed by atoms with E-state index in [1.807, 2.05) is 20.8 Å². The van der Waals surface area contributed by atoms with Gasteiger partial charge in [0.05, 0.1) is 13.2 Å². The minimum atomic E-state index is -0.910. The van der Waals surface area contributed by atoms with Crippen LogP contribution in [-0.4, -0.2) is 37.3 Å². The molecule has 1 aromatic rings. The zero-order chi connectivity index (χ0) is 20.3. The second-order valence-corrected chi connectivity index (χ2v) is 6.56. The quantitative estimate of drug-likeness (QED) is 0.538. The summed E-state index contributed by atoms with van der Waals surface area (Å²) in [6, 6.07) is 4.99. The van der Waals surface area contributed by atoms with Crippen LogP contribution in [0.2, 0.25) is 0 Å². The van der Waals surface area contributed by atoms with Gasteiger partial charge < -0.3 is 19.5 Å². The van der Waals surface area contributed by atoms with E-state index in [-0.39, 0.29) is 12.5 Å². The Hall–Kier alpha value is -2.08. The minimum absolute atomic E-state index is 0.227. The van der Waals surface area contributed by atoms with Crippen LogP contribution < -0.4 is 10.1 Å². The summed E-state index contributed by atoms with van der Waals surface area (Å²) in [5.41, 5.74) is -0.101. The van der Waals surface area contributed by atoms with E-state index in [4.69, 9.17) is 14.2 Å².